The van der Waals surface area contributed by atoms with E-state index in [4.69, 9.17) is 15.0 Å². The molecule has 0 unspecified atom stereocenters. The van der Waals surface area contributed by atoms with E-state index >= 15 is 0 Å². The molecule has 0 saturated heterocycles. The zero-order valence-corrected chi connectivity index (χ0v) is 34.6. The Hall–Kier alpha value is -8.67. The number of benzene rings is 10. The van der Waals surface area contributed by atoms with Crippen LogP contribution >= 0.6 is 0 Å². The summed E-state index contributed by atoms with van der Waals surface area (Å²) in [5.74, 6) is 1.84. The molecule has 5 nitrogen and oxygen atoms in total. The van der Waals surface area contributed by atoms with E-state index in [1.807, 2.05) is 18.2 Å². The summed E-state index contributed by atoms with van der Waals surface area (Å²) in [4.78, 5) is 15.7. The van der Waals surface area contributed by atoms with Crippen LogP contribution in [0.4, 0.5) is 0 Å². The molecule has 0 spiro atoms. The second kappa shape index (κ2) is 14.5. The molecule has 0 fully saturated rings. The third-order valence-corrected chi connectivity index (χ3v) is 12.7. The van der Waals surface area contributed by atoms with E-state index in [-0.39, 0.29) is 0 Å². The molecular weight excluding hydrogens is 779 g/mol. The van der Waals surface area contributed by atoms with Gasteiger partial charge in [-0.05, 0) is 87.8 Å². The summed E-state index contributed by atoms with van der Waals surface area (Å²) in [6, 6.07) is 79.9. The van der Waals surface area contributed by atoms with Crippen LogP contribution in [0, 0.1) is 0 Å². The topological polar surface area (TPSA) is 48.5 Å². The lowest BCUT2D eigenvalue weighted by atomic mass is 9.99. The molecule has 0 radical (unpaired) electrons. The van der Waals surface area contributed by atoms with Crippen LogP contribution in [0.2, 0.25) is 0 Å². The van der Waals surface area contributed by atoms with Crippen molar-refractivity contribution in [2.75, 3.05) is 0 Å². The Labute approximate surface area is 368 Å². The lowest BCUT2D eigenvalue weighted by Gasteiger charge is -2.16. The highest BCUT2D eigenvalue weighted by Gasteiger charge is 2.21. The largest absolute Gasteiger partial charge is 0.309 e. The monoisotopic (exact) mass is 815 g/mol. The van der Waals surface area contributed by atoms with Crippen LogP contribution in [0.5, 0.6) is 0 Å². The average molecular weight is 816 g/mol. The maximum absolute atomic E-state index is 5.32. The van der Waals surface area contributed by atoms with E-state index < -0.39 is 0 Å². The molecule has 0 amide bonds. The molecule has 5 heteroatoms. The van der Waals surface area contributed by atoms with Crippen molar-refractivity contribution < 1.29 is 0 Å². The first-order valence-corrected chi connectivity index (χ1v) is 21.7. The summed E-state index contributed by atoms with van der Waals surface area (Å²) in [5.41, 5.74) is 11.7. The second-order valence-corrected chi connectivity index (χ2v) is 16.4. The van der Waals surface area contributed by atoms with Crippen LogP contribution in [0.15, 0.2) is 224 Å². The molecule has 0 bridgehead atoms. The van der Waals surface area contributed by atoms with Crippen molar-refractivity contribution in [1.29, 1.82) is 0 Å². The highest BCUT2D eigenvalue weighted by atomic mass is 15.0. The van der Waals surface area contributed by atoms with E-state index in [2.05, 4.69) is 215 Å². The number of rotatable bonds is 6. The molecule has 298 valence electrons. The SMILES string of the molecule is c1ccc(-c2nc(-c3ccc(-n4c5cc6ccccc6cc5c5c6ccccc6ccc54)c(-c4ccccc4)c3)nc(-c3ccc4c5ccccc5n(-c5ccccc5)c4c3)n2)cc1. The smallest absolute Gasteiger partial charge is 0.164 e. The molecular formula is C59H37N5. The fourth-order valence-corrected chi connectivity index (χ4v) is 9.77. The third kappa shape index (κ3) is 5.75. The lowest BCUT2D eigenvalue weighted by Crippen LogP contribution is -2.02. The van der Waals surface area contributed by atoms with E-state index in [0.29, 0.717) is 17.5 Å². The number of hydrogen-bond donors (Lipinski definition) is 0. The molecule has 3 heterocycles. The van der Waals surface area contributed by atoms with Crippen molar-refractivity contribution in [2.45, 2.75) is 0 Å². The fourth-order valence-electron chi connectivity index (χ4n) is 9.77. The third-order valence-electron chi connectivity index (χ3n) is 12.7. The molecule has 13 aromatic rings. The Morgan fingerprint density at radius 2 is 0.828 bits per heavy atom. The molecule has 0 N–H and O–H groups in total. The van der Waals surface area contributed by atoms with Crippen molar-refractivity contribution in [1.82, 2.24) is 24.1 Å². The minimum Gasteiger partial charge on any atom is -0.309 e. The van der Waals surface area contributed by atoms with Crippen molar-refractivity contribution >= 4 is 65.2 Å². The van der Waals surface area contributed by atoms with Gasteiger partial charge in [-0.2, -0.15) is 0 Å². The first kappa shape index (κ1) is 36.0. The molecule has 0 aliphatic rings. The van der Waals surface area contributed by atoms with Gasteiger partial charge in [-0.3, -0.25) is 0 Å². The molecule has 0 atom stereocenters. The molecule has 64 heavy (non-hydrogen) atoms. The predicted molar refractivity (Wildman–Crippen MR) is 265 cm³/mol. The minimum absolute atomic E-state index is 0.607. The zero-order valence-electron chi connectivity index (χ0n) is 34.6. The lowest BCUT2D eigenvalue weighted by molar-refractivity contribution is 1.07. The fraction of sp³-hybridized carbons (Fsp3) is 0. The average Bonchev–Trinajstić information content (AvgIpc) is 3.88. The van der Waals surface area contributed by atoms with Gasteiger partial charge in [0.25, 0.3) is 0 Å². The van der Waals surface area contributed by atoms with Gasteiger partial charge in [0.1, 0.15) is 0 Å². The maximum atomic E-state index is 5.32. The van der Waals surface area contributed by atoms with Crippen LogP contribution in [0.3, 0.4) is 0 Å². The molecule has 0 aliphatic carbocycles. The summed E-state index contributed by atoms with van der Waals surface area (Å²) in [6.45, 7) is 0. The normalized spacial score (nSPS) is 11.8. The van der Waals surface area contributed by atoms with E-state index in [9.17, 15) is 0 Å². The van der Waals surface area contributed by atoms with Crippen LogP contribution in [0.25, 0.3) is 122 Å². The Kier molecular flexibility index (Phi) is 8.15. The quantitative estimate of drug-likeness (QED) is 0.168. The maximum Gasteiger partial charge on any atom is 0.164 e. The van der Waals surface area contributed by atoms with Gasteiger partial charge in [0.2, 0.25) is 0 Å². The van der Waals surface area contributed by atoms with Gasteiger partial charge in [-0.15, -0.1) is 0 Å². The second-order valence-electron chi connectivity index (χ2n) is 16.4. The highest BCUT2D eigenvalue weighted by Crippen LogP contribution is 2.42. The van der Waals surface area contributed by atoms with Crippen LogP contribution in [0.1, 0.15) is 0 Å². The Morgan fingerprint density at radius 3 is 1.58 bits per heavy atom. The van der Waals surface area contributed by atoms with E-state index in [1.54, 1.807) is 0 Å². The first-order chi connectivity index (χ1) is 31.7. The van der Waals surface area contributed by atoms with Gasteiger partial charge in [-0.25, -0.2) is 15.0 Å². The summed E-state index contributed by atoms with van der Waals surface area (Å²) in [5, 5.41) is 9.75. The van der Waals surface area contributed by atoms with Crippen molar-refractivity contribution in [3.05, 3.63) is 224 Å². The summed E-state index contributed by atoms with van der Waals surface area (Å²) in [6.07, 6.45) is 0. The summed E-state index contributed by atoms with van der Waals surface area (Å²) >= 11 is 0. The van der Waals surface area contributed by atoms with Gasteiger partial charge < -0.3 is 9.13 Å². The van der Waals surface area contributed by atoms with Gasteiger partial charge in [-0.1, -0.05) is 164 Å². The number of para-hydroxylation sites is 2. The van der Waals surface area contributed by atoms with Crippen molar-refractivity contribution in [3.63, 3.8) is 0 Å². The van der Waals surface area contributed by atoms with E-state index in [0.717, 1.165) is 61.3 Å². The highest BCUT2D eigenvalue weighted by molar-refractivity contribution is 6.23. The molecule has 0 saturated carbocycles. The Balaban J connectivity index is 1.05. The Morgan fingerprint density at radius 1 is 0.281 bits per heavy atom. The number of nitrogens with zero attached hydrogens (tertiary/aromatic N) is 5. The van der Waals surface area contributed by atoms with Gasteiger partial charge in [0, 0.05) is 49.5 Å². The van der Waals surface area contributed by atoms with Gasteiger partial charge in [0.05, 0.1) is 27.8 Å². The Bertz CT molecular complexity index is 3940. The predicted octanol–water partition coefficient (Wildman–Crippen LogP) is 15.0. The number of hydrogen-bond acceptors (Lipinski definition) is 3. The standard InChI is InChI=1S/C59H37N5/c1-4-16-38(17-5-1)49-35-43(30-32-52(49)64-53-33-29-39-18-12-13-25-46(39)56(53)50-34-41-21-10-11-22-42(41)36-55(50)64)58-60-57(40-19-6-2-7-20-40)61-59(62-58)44-28-31-48-47-26-14-15-27-51(47)63(54(48)37-44)45-23-8-3-9-24-45/h1-37H. The number of fused-ring (bicyclic) bond motifs is 9. The minimum atomic E-state index is 0.607. The zero-order chi connectivity index (χ0) is 42.1. The summed E-state index contributed by atoms with van der Waals surface area (Å²) < 4.78 is 4.78. The number of aromatic nitrogens is 5. The first-order valence-electron chi connectivity index (χ1n) is 21.7. The van der Waals surface area contributed by atoms with Gasteiger partial charge >= 0.3 is 0 Å². The van der Waals surface area contributed by atoms with Crippen LogP contribution in [-0.2, 0) is 0 Å². The van der Waals surface area contributed by atoms with Gasteiger partial charge in [0.15, 0.2) is 17.5 Å². The molecule has 3 aromatic heterocycles. The van der Waals surface area contributed by atoms with Crippen LogP contribution in [-0.4, -0.2) is 24.1 Å². The van der Waals surface area contributed by atoms with Crippen molar-refractivity contribution in [3.8, 4) is 56.7 Å². The van der Waals surface area contributed by atoms with E-state index in [1.165, 1.54) is 43.1 Å². The van der Waals surface area contributed by atoms with Crippen LogP contribution < -0.4 is 0 Å². The molecule has 0 aliphatic heterocycles. The van der Waals surface area contributed by atoms with Crippen molar-refractivity contribution in [2.24, 2.45) is 0 Å². The molecule has 10 aromatic carbocycles. The molecule has 13 rings (SSSR count). The summed E-state index contributed by atoms with van der Waals surface area (Å²) in [7, 11) is 0.